The molecule has 0 radical (unpaired) electrons. The lowest BCUT2D eigenvalue weighted by Gasteiger charge is -2.38. The number of carbonyl (C=O) groups excluding carboxylic acids is 1. The zero-order valence-corrected chi connectivity index (χ0v) is 16.5. The van der Waals surface area contributed by atoms with Gasteiger partial charge in [-0.15, -0.1) is 5.10 Å². The molecule has 3 rings (SSSR count). The molecule has 6 nitrogen and oxygen atoms in total. The first-order valence-corrected chi connectivity index (χ1v) is 9.75. The van der Waals surface area contributed by atoms with Crippen molar-refractivity contribution in [2.24, 2.45) is 5.92 Å². The van der Waals surface area contributed by atoms with Crippen LogP contribution in [0.5, 0.6) is 0 Å². The van der Waals surface area contributed by atoms with E-state index in [4.69, 9.17) is 0 Å². The van der Waals surface area contributed by atoms with Crippen LogP contribution in [0, 0.1) is 5.92 Å². The highest BCUT2D eigenvalue weighted by molar-refractivity contribution is 5.75. The van der Waals surface area contributed by atoms with Crippen LogP contribution in [0.2, 0.25) is 0 Å². The minimum absolute atomic E-state index is 0.0266. The SMILES string of the molecule is C=C(/C(F)=C\C=C/C)[C@H]1C[C@@H]1NC(=O)N(C)[C@@H]1CCCN(c2cccnn2)C1. The lowest BCUT2D eigenvalue weighted by atomic mass is 10.0. The average Bonchev–Trinajstić information content (AvgIpc) is 3.50. The number of likely N-dealkylation sites (N-methyl/N-ethyl adjacent to an activating group) is 1. The molecule has 1 N–H and O–H groups in total. The smallest absolute Gasteiger partial charge is 0.317 e. The maximum Gasteiger partial charge on any atom is 0.317 e. The molecule has 2 fully saturated rings. The fourth-order valence-electron chi connectivity index (χ4n) is 3.57. The normalized spacial score (nSPS) is 24.9. The molecule has 2 aliphatic rings. The first-order chi connectivity index (χ1) is 13.5. The van der Waals surface area contributed by atoms with Crippen molar-refractivity contribution in [3.05, 3.63) is 54.5 Å². The minimum atomic E-state index is -0.319. The second-order valence-corrected chi connectivity index (χ2v) is 7.40. The quantitative estimate of drug-likeness (QED) is 0.762. The minimum Gasteiger partial charge on any atom is -0.353 e. The predicted molar refractivity (Wildman–Crippen MR) is 109 cm³/mol. The van der Waals surface area contributed by atoms with E-state index in [2.05, 4.69) is 27.0 Å². The molecule has 0 bridgehead atoms. The Labute approximate surface area is 165 Å². The number of hydrogen-bond acceptors (Lipinski definition) is 4. The number of amides is 2. The number of piperidine rings is 1. The van der Waals surface area contributed by atoms with Gasteiger partial charge in [0, 0.05) is 38.3 Å². The van der Waals surface area contributed by atoms with E-state index >= 15 is 0 Å². The summed E-state index contributed by atoms with van der Waals surface area (Å²) in [7, 11) is 1.82. The zero-order chi connectivity index (χ0) is 20.1. The largest absolute Gasteiger partial charge is 0.353 e. The maximum absolute atomic E-state index is 14.0. The number of anilines is 1. The van der Waals surface area contributed by atoms with Crippen LogP contribution < -0.4 is 10.2 Å². The predicted octanol–water partition coefficient (Wildman–Crippen LogP) is 3.46. The second-order valence-electron chi connectivity index (χ2n) is 7.40. The molecule has 28 heavy (non-hydrogen) atoms. The van der Waals surface area contributed by atoms with Gasteiger partial charge in [-0.3, -0.25) is 0 Å². The van der Waals surface area contributed by atoms with Crippen LogP contribution in [0.3, 0.4) is 0 Å². The summed E-state index contributed by atoms with van der Waals surface area (Å²) in [6.07, 6.45) is 9.14. The van der Waals surface area contributed by atoms with Gasteiger partial charge in [-0.25, -0.2) is 9.18 Å². The molecule has 0 aromatic carbocycles. The Kier molecular flexibility index (Phi) is 6.44. The van der Waals surface area contributed by atoms with Crippen molar-refractivity contribution in [1.29, 1.82) is 0 Å². The Morgan fingerprint density at radius 3 is 3.04 bits per heavy atom. The molecule has 1 aromatic heterocycles. The Hall–Kier alpha value is -2.70. The van der Waals surface area contributed by atoms with Gasteiger partial charge in [-0.05, 0) is 50.0 Å². The highest BCUT2D eigenvalue weighted by Crippen LogP contribution is 2.40. The van der Waals surface area contributed by atoms with E-state index < -0.39 is 0 Å². The highest BCUT2D eigenvalue weighted by atomic mass is 19.1. The number of urea groups is 1. The Balaban J connectivity index is 1.52. The van der Waals surface area contributed by atoms with Gasteiger partial charge >= 0.3 is 6.03 Å². The monoisotopic (exact) mass is 385 g/mol. The Bertz CT molecular complexity index is 763. The molecule has 2 amide bonds. The Morgan fingerprint density at radius 1 is 1.50 bits per heavy atom. The van der Waals surface area contributed by atoms with Crippen LogP contribution in [-0.2, 0) is 0 Å². The van der Waals surface area contributed by atoms with E-state index in [1.54, 1.807) is 23.2 Å². The summed E-state index contributed by atoms with van der Waals surface area (Å²) >= 11 is 0. The van der Waals surface area contributed by atoms with Crippen molar-refractivity contribution in [3.8, 4) is 0 Å². The van der Waals surface area contributed by atoms with Crippen LogP contribution >= 0.6 is 0 Å². The van der Waals surface area contributed by atoms with Crippen molar-refractivity contribution in [1.82, 2.24) is 20.4 Å². The fraction of sp³-hybridized carbons (Fsp3) is 0.476. The van der Waals surface area contributed by atoms with Gasteiger partial charge in [0.1, 0.15) is 5.83 Å². The number of carbonyl (C=O) groups is 1. The summed E-state index contributed by atoms with van der Waals surface area (Å²) in [4.78, 5) is 16.6. The average molecular weight is 385 g/mol. The summed E-state index contributed by atoms with van der Waals surface area (Å²) in [5.41, 5.74) is 0.456. The molecule has 3 atom stereocenters. The number of halogens is 1. The van der Waals surface area contributed by atoms with E-state index in [9.17, 15) is 9.18 Å². The number of nitrogens with zero attached hydrogens (tertiary/aromatic N) is 4. The standard InChI is InChI=1S/C21H28FN5O/c1-4-5-9-18(22)15(2)17-13-19(17)24-21(28)26(3)16-8-7-12-27(14-16)20-10-6-11-23-25-20/h4-6,9-11,16-17,19H,2,7-8,12-14H2,1,3H3,(H,24,28)/b5-4-,18-9+/t16-,17-,19+/m1/s1. The van der Waals surface area contributed by atoms with Crippen LogP contribution in [-0.4, -0.2) is 53.3 Å². The third kappa shape index (κ3) is 4.77. The van der Waals surface area contributed by atoms with Crippen molar-refractivity contribution in [3.63, 3.8) is 0 Å². The lowest BCUT2D eigenvalue weighted by Crippen LogP contribution is -2.52. The van der Waals surface area contributed by atoms with Crippen LogP contribution in [0.1, 0.15) is 26.2 Å². The van der Waals surface area contributed by atoms with Gasteiger partial charge in [0.15, 0.2) is 5.82 Å². The second kappa shape index (κ2) is 8.99. The summed E-state index contributed by atoms with van der Waals surface area (Å²) < 4.78 is 14.0. The molecular formula is C21H28FN5O. The van der Waals surface area contributed by atoms with E-state index in [-0.39, 0.29) is 29.9 Å². The third-order valence-corrected chi connectivity index (χ3v) is 5.44. The molecule has 0 spiro atoms. The van der Waals surface area contributed by atoms with Gasteiger partial charge in [0.2, 0.25) is 0 Å². The molecule has 2 heterocycles. The van der Waals surface area contributed by atoms with Crippen LogP contribution in [0.4, 0.5) is 15.0 Å². The molecule has 1 aromatic rings. The van der Waals surface area contributed by atoms with Crippen molar-refractivity contribution >= 4 is 11.8 Å². The number of rotatable bonds is 6. The number of nitrogens with one attached hydrogen (secondary N) is 1. The van der Waals surface area contributed by atoms with E-state index in [1.807, 2.05) is 26.1 Å². The molecule has 7 heteroatoms. The van der Waals surface area contributed by atoms with Crippen molar-refractivity contribution in [2.45, 2.75) is 38.3 Å². The first kappa shape index (κ1) is 20.0. The van der Waals surface area contributed by atoms with Gasteiger partial charge in [0.05, 0.1) is 6.04 Å². The highest BCUT2D eigenvalue weighted by Gasteiger charge is 2.42. The first-order valence-electron chi connectivity index (χ1n) is 9.75. The zero-order valence-electron chi connectivity index (χ0n) is 16.5. The van der Waals surface area contributed by atoms with E-state index in [0.717, 1.165) is 38.2 Å². The molecule has 1 saturated carbocycles. The number of allylic oxidation sites excluding steroid dienone is 4. The van der Waals surface area contributed by atoms with Gasteiger partial charge < -0.3 is 15.1 Å². The molecule has 1 saturated heterocycles. The number of hydrogen-bond donors (Lipinski definition) is 1. The fourth-order valence-corrected chi connectivity index (χ4v) is 3.57. The number of aromatic nitrogens is 2. The summed E-state index contributed by atoms with van der Waals surface area (Å²) in [6, 6.07) is 3.73. The topological polar surface area (TPSA) is 61.4 Å². The van der Waals surface area contributed by atoms with Crippen molar-refractivity contribution < 1.29 is 9.18 Å². The molecule has 150 valence electrons. The Morgan fingerprint density at radius 2 is 2.32 bits per heavy atom. The van der Waals surface area contributed by atoms with Crippen LogP contribution in [0.15, 0.2) is 54.5 Å². The molecule has 1 aliphatic carbocycles. The van der Waals surface area contributed by atoms with Gasteiger partial charge in [0.25, 0.3) is 0 Å². The van der Waals surface area contributed by atoms with Crippen molar-refractivity contribution in [2.75, 3.05) is 25.0 Å². The summed E-state index contributed by atoms with van der Waals surface area (Å²) in [5, 5.41) is 11.1. The van der Waals surface area contributed by atoms with Gasteiger partial charge in [-0.2, -0.15) is 5.10 Å². The van der Waals surface area contributed by atoms with Gasteiger partial charge in [-0.1, -0.05) is 18.7 Å². The molecule has 1 aliphatic heterocycles. The van der Waals surface area contributed by atoms with E-state index in [1.165, 1.54) is 6.08 Å². The molecular weight excluding hydrogens is 357 g/mol. The van der Waals surface area contributed by atoms with E-state index in [0.29, 0.717) is 5.57 Å². The van der Waals surface area contributed by atoms with Crippen LogP contribution in [0.25, 0.3) is 0 Å². The molecule has 0 unspecified atom stereocenters. The summed E-state index contributed by atoms with van der Waals surface area (Å²) in [6.45, 7) is 7.31. The summed E-state index contributed by atoms with van der Waals surface area (Å²) in [5.74, 6) is 0.490. The lowest BCUT2D eigenvalue weighted by molar-refractivity contribution is 0.181. The maximum atomic E-state index is 14.0. The third-order valence-electron chi connectivity index (χ3n) is 5.44.